The molecule has 4 N–H and O–H groups in total. The van der Waals surface area contributed by atoms with Gasteiger partial charge in [0.25, 0.3) is 23.3 Å². The molecule has 8 rings (SSSR count). The Labute approximate surface area is 405 Å². The molecule has 3 fully saturated rings. The van der Waals surface area contributed by atoms with Crippen molar-refractivity contribution in [3.8, 4) is 11.1 Å². The van der Waals surface area contributed by atoms with Crippen molar-refractivity contribution in [1.82, 2.24) is 30.3 Å². The van der Waals surface area contributed by atoms with E-state index in [4.69, 9.17) is 4.74 Å². The van der Waals surface area contributed by atoms with E-state index in [9.17, 15) is 28.8 Å². The summed E-state index contributed by atoms with van der Waals surface area (Å²) in [6.07, 6.45) is 7.49. The molecule has 0 aliphatic carbocycles. The van der Waals surface area contributed by atoms with Crippen LogP contribution in [-0.2, 0) is 27.4 Å². The number of nitrogens with zero attached hydrogens (tertiary/aromatic N) is 4. The van der Waals surface area contributed by atoms with E-state index in [0.717, 1.165) is 143 Å². The van der Waals surface area contributed by atoms with Gasteiger partial charge in [0.05, 0.1) is 11.1 Å². The maximum Gasteiger partial charge on any atom is 0.264 e. The van der Waals surface area contributed by atoms with Crippen molar-refractivity contribution in [2.45, 2.75) is 111 Å². The number of aryl methyl sites for hydroxylation is 2. The van der Waals surface area contributed by atoms with Gasteiger partial charge in [-0.1, -0.05) is 49.6 Å². The number of fused-ring (bicyclic) bond motifs is 1. The monoisotopic (exact) mass is 941 g/mol. The first-order valence-electron chi connectivity index (χ1n) is 25.0. The van der Waals surface area contributed by atoms with E-state index >= 15 is 0 Å². The Morgan fingerprint density at radius 1 is 0.812 bits per heavy atom. The first-order valence-corrected chi connectivity index (χ1v) is 25.0. The van der Waals surface area contributed by atoms with Crippen molar-refractivity contribution in [3.63, 3.8) is 0 Å². The van der Waals surface area contributed by atoms with Crippen LogP contribution in [0.1, 0.15) is 124 Å². The zero-order valence-corrected chi connectivity index (χ0v) is 40.7. The molecule has 4 aliphatic heterocycles. The number of hydrogen-bond acceptors (Lipinski definition) is 11. The number of rotatable bonds is 19. The molecule has 0 radical (unpaired) electrons. The van der Waals surface area contributed by atoms with Crippen LogP contribution >= 0.6 is 0 Å². The third kappa shape index (κ3) is 11.5. The molecule has 1 unspecified atom stereocenters. The number of hydrogen-bond donors (Lipinski definition) is 4. The maximum atomic E-state index is 14.0. The largest absolute Gasteiger partial charge is 0.384 e. The normalized spacial score (nSPS) is 18.1. The molecule has 15 heteroatoms. The summed E-state index contributed by atoms with van der Waals surface area (Å²) in [5.74, 6) is -2.19. The Bertz CT molecular complexity index is 2600. The highest BCUT2D eigenvalue weighted by Crippen LogP contribution is 2.35. The van der Waals surface area contributed by atoms with Gasteiger partial charge < -0.3 is 30.2 Å². The zero-order chi connectivity index (χ0) is 48.6. The highest BCUT2D eigenvalue weighted by molar-refractivity contribution is 6.25. The van der Waals surface area contributed by atoms with Crippen LogP contribution in [0.25, 0.3) is 11.1 Å². The number of amides is 5. The summed E-state index contributed by atoms with van der Waals surface area (Å²) in [6, 6.07) is 19.4. The lowest BCUT2D eigenvalue weighted by molar-refractivity contribution is -0.136. The molecule has 4 aliphatic rings. The third-order valence-corrected chi connectivity index (χ3v) is 14.4. The minimum Gasteiger partial charge on any atom is -0.384 e. The van der Waals surface area contributed by atoms with E-state index in [1.807, 2.05) is 32.9 Å². The Morgan fingerprint density at radius 3 is 2.26 bits per heavy atom. The van der Waals surface area contributed by atoms with Crippen LogP contribution in [0.3, 0.4) is 0 Å². The van der Waals surface area contributed by atoms with Gasteiger partial charge in [-0.25, -0.2) is 0 Å². The summed E-state index contributed by atoms with van der Waals surface area (Å²) >= 11 is 0. The summed E-state index contributed by atoms with van der Waals surface area (Å²) in [6.45, 7) is 17.1. The van der Waals surface area contributed by atoms with Crippen molar-refractivity contribution in [2.75, 3.05) is 69.2 Å². The van der Waals surface area contributed by atoms with E-state index < -0.39 is 29.7 Å². The molecular formula is C54H68N8O7. The minimum absolute atomic E-state index is 0.0902. The number of piperazine rings is 1. The van der Waals surface area contributed by atoms with Crippen LogP contribution in [0.4, 0.5) is 11.4 Å². The summed E-state index contributed by atoms with van der Waals surface area (Å²) in [4.78, 5) is 88.8. The number of anilines is 2. The average Bonchev–Trinajstić information content (AvgIpc) is 3.59. The number of unbranched alkanes of at least 4 members (excludes halogenated alkanes) is 4. The van der Waals surface area contributed by atoms with Crippen LogP contribution in [0.2, 0.25) is 0 Å². The molecular weight excluding hydrogens is 873 g/mol. The molecule has 15 nitrogen and oxygen atoms in total. The number of benzene rings is 3. The van der Waals surface area contributed by atoms with Gasteiger partial charge in [0.1, 0.15) is 6.04 Å². The van der Waals surface area contributed by atoms with Gasteiger partial charge in [-0.15, -0.1) is 0 Å². The van der Waals surface area contributed by atoms with Crippen LogP contribution < -0.4 is 26.4 Å². The Balaban J connectivity index is 0.789. The maximum absolute atomic E-state index is 14.0. The van der Waals surface area contributed by atoms with Crippen molar-refractivity contribution < 1.29 is 28.7 Å². The van der Waals surface area contributed by atoms with Gasteiger partial charge in [-0.05, 0) is 124 Å². The summed E-state index contributed by atoms with van der Waals surface area (Å²) in [5, 5.41) is 8.67. The number of imide groups is 2. The van der Waals surface area contributed by atoms with E-state index in [1.165, 1.54) is 5.56 Å². The van der Waals surface area contributed by atoms with Crippen LogP contribution in [0.15, 0.2) is 65.5 Å². The second-order valence-corrected chi connectivity index (χ2v) is 19.1. The summed E-state index contributed by atoms with van der Waals surface area (Å²) in [5.41, 5.74) is 9.11. The lowest BCUT2D eigenvalue weighted by Crippen LogP contribution is -2.54. The van der Waals surface area contributed by atoms with Crippen LogP contribution in [0, 0.1) is 20.8 Å². The second kappa shape index (κ2) is 22.5. The highest BCUT2D eigenvalue weighted by atomic mass is 16.5. The van der Waals surface area contributed by atoms with E-state index in [-0.39, 0.29) is 36.4 Å². The lowest BCUT2D eigenvalue weighted by Gasteiger charge is -2.37. The fourth-order valence-corrected chi connectivity index (χ4v) is 10.5. The van der Waals surface area contributed by atoms with Gasteiger partial charge in [0.2, 0.25) is 11.8 Å². The fourth-order valence-electron chi connectivity index (χ4n) is 10.5. The molecule has 1 atom stereocenters. The molecule has 5 heterocycles. The smallest absolute Gasteiger partial charge is 0.264 e. The average molecular weight is 941 g/mol. The van der Waals surface area contributed by atoms with Gasteiger partial charge in [-0.2, -0.15) is 0 Å². The summed E-state index contributed by atoms with van der Waals surface area (Å²) < 4.78 is 5.71. The number of nitrogens with one attached hydrogen (secondary N) is 4. The molecule has 69 heavy (non-hydrogen) atoms. The van der Waals surface area contributed by atoms with Crippen molar-refractivity contribution in [1.29, 1.82) is 0 Å². The minimum atomic E-state index is -0.979. The Hall–Kier alpha value is -6.16. The van der Waals surface area contributed by atoms with Crippen molar-refractivity contribution in [3.05, 3.63) is 116 Å². The standard InChI is InChI=1S/C54H68N8O7/c1-5-61(41-20-28-69-29-21-41)47-32-40(31-43(37(47)4)50(64)56-33-44-35(2)30-36(3)57-51(44)65)39-16-14-38(15-17-39)34-60-26-24-59(25-27-60)23-10-8-6-7-9-22-55-45-13-11-12-42-49(45)54(68)62(53(42)67)46-18-19-48(63)58-52(46)66/h11-17,30-32,41,46,55H,5-10,18-29,33-34H2,1-4H3,(H,56,64)(H,57,65)(H,58,63,66). The van der Waals surface area contributed by atoms with Gasteiger partial charge in [0.15, 0.2) is 0 Å². The predicted molar refractivity (Wildman–Crippen MR) is 268 cm³/mol. The second-order valence-electron chi connectivity index (χ2n) is 19.1. The first kappa shape index (κ1) is 49.3. The Morgan fingerprint density at radius 2 is 1.54 bits per heavy atom. The molecule has 3 saturated heterocycles. The topological polar surface area (TPSA) is 176 Å². The van der Waals surface area contributed by atoms with E-state index in [2.05, 4.69) is 72.9 Å². The number of aromatic nitrogens is 1. The molecule has 0 saturated carbocycles. The number of piperidine rings is 1. The quantitative estimate of drug-likeness (QED) is 0.0598. The fraction of sp³-hybridized carbons (Fsp3) is 0.481. The SMILES string of the molecule is CCN(c1cc(-c2ccc(CN3CCN(CCCCCCCNc4cccc5c4C(=O)N(C4CCC(=O)NC4=O)C5=O)CC3)cc2)cc(C(=O)NCc2c(C)cc(C)[nH]c2=O)c1C)C1CCOCC1. The Kier molecular flexibility index (Phi) is 16.1. The molecule has 0 bridgehead atoms. The van der Waals surface area contributed by atoms with Gasteiger partial charge in [-0.3, -0.25) is 43.9 Å². The highest BCUT2D eigenvalue weighted by Gasteiger charge is 2.45. The lowest BCUT2D eigenvalue weighted by atomic mass is 9.94. The number of ether oxygens (including phenoxy) is 1. The number of carbonyl (C=O) groups is 5. The molecule has 0 spiro atoms. The third-order valence-electron chi connectivity index (χ3n) is 14.4. The molecule has 4 aromatic rings. The van der Waals surface area contributed by atoms with E-state index in [1.54, 1.807) is 18.2 Å². The van der Waals surface area contributed by atoms with Crippen LogP contribution in [-0.4, -0.2) is 120 Å². The van der Waals surface area contributed by atoms with Crippen molar-refractivity contribution >= 4 is 40.9 Å². The predicted octanol–water partition coefficient (Wildman–Crippen LogP) is 6.48. The first-order chi connectivity index (χ1) is 33.4. The van der Waals surface area contributed by atoms with Gasteiger partial charge in [0, 0.05) is 106 Å². The number of pyridine rings is 1. The molecule has 366 valence electrons. The van der Waals surface area contributed by atoms with E-state index in [0.29, 0.717) is 35.0 Å². The number of aromatic amines is 1. The van der Waals surface area contributed by atoms with Crippen LogP contribution in [0.5, 0.6) is 0 Å². The zero-order valence-electron chi connectivity index (χ0n) is 40.7. The number of H-pyrrole nitrogens is 1. The summed E-state index contributed by atoms with van der Waals surface area (Å²) in [7, 11) is 0. The molecule has 3 aromatic carbocycles. The van der Waals surface area contributed by atoms with Gasteiger partial charge >= 0.3 is 0 Å². The molecule has 5 amide bonds. The number of carbonyl (C=O) groups excluding carboxylic acids is 5. The molecule has 1 aromatic heterocycles. The van der Waals surface area contributed by atoms with Crippen molar-refractivity contribution in [2.24, 2.45) is 0 Å².